The van der Waals surface area contributed by atoms with Crippen LogP contribution in [0.4, 0.5) is 4.39 Å². The minimum absolute atomic E-state index is 0.328. The fourth-order valence-corrected chi connectivity index (χ4v) is 3.22. The van der Waals surface area contributed by atoms with Crippen molar-refractivity contribution in [3.05, 3.63) is 75.1 Å². The second-order valence-corrected chi connectivity index (χ2v) is 6.09. The molecule has 22 heavy (non-hydrogen) atoms. The Balaban J connectivity index is 2.11. The maximum absolute atomic E-state index is 13.3. The second kappa shape index (κ2) is 6.02. The van der Waals surface area contributed by atoms with Crippen LogP contribution >= 0.6 is 22.9 Å². The molecule has 1 atom stereocenters. The van der Waals surface area contributed by atoms with E-state index in [0.717, 1.165) is 21.8 Å². The van der Waals surface area contributed by atoms with E-state index in [-0.39, 0.29) is 11.9 Å². The van der Waals surface area contributed by atoms with Crippen molar-refractivity contribution in [2.45, 2.75) is 13.0 Å². The highest BCUT2D eigenvalue weighted by Gasteiger charge is 2.25. The van der Waals surface area contributed by atoms with Crippen LogP contribution in [0.25, 0.3) is 0 Å². The summed E-state index contributed by atoms with van der Waals surface area (Å²) in [7, 11) is 0. The quantitative estimate of drug-likeness (QED) is 0.898. The van der Waals surface area contributed by atoms with Gasteiger partial charge in [-0.1, -0.05) is 30.3 Å². The lowest BCUT2D eigenvalue weighted by Crippen LogP contribution is -2.29. The first-order valence-corrected chi connectivity index (χ1v) is 7.88. The van der Waals surface area contributed by atoms with Crippen LogP contribution in [0.15, 0.2) is 58.7 Å². The fraction of sp³-hybridized carbons (Fsp3) is 0.125. The van der Waals surface area contributed by atoms with E-state index in [1.54, 1.807) is 18.3 Å². The predicted molar refractivity (Wildman–Crippen MR) is 88.8 cm³/mol. The molecule has 0 spiro atoms. The van der Waals surface area contributed by atoms with E-state index in [1.165, 1.54) is 23.5 Å². The number of rotatable bonds is 3. The van der Waals surface area contributed by atoms with E-state index in [1.807, 2.05) is 12.3 Å². The number of benzene rings is 1. The average Bonchev–Trinajstić information content (AvgIpc) is 3.00. The molecule has 0 fully saturated rings. The number of hydrogen-bond acceptors (Lipinski definition) is 4. The highest BCUT2D eigenvalue weighted by molar-refractivity contribution is 7.11. The third-order valence-corrected chi connectivity index (χ3v) is 4.51. The molecule has 0 radical (unpaired) electrons. The summed E-state index contributed by atoms with van der Waals surface area (Å²) in [6.07, 6.45) is 3.47. The Kier molecular flexibility index (Phi) is 4.09. The number of thiazole rings is 1. The number of allylic oxidation sites excluding steroid dienone is 1. The van der Waals surface area contributed by atoms with Gasteiger partial charge in [0.15, 0.2) is 10.8 Å². The highest BCUT2D eigenvalue weighted by Crippen LogP contribution is 2.36. The molecule has 0 amide bonds. The third-order valence-electron chi connectivity index (χ3n) is 3.40. The molecule has 1 aliphatic heterocycles. The van der Waals surface area contributed by atoms with E-state index in [9.17, 15) is 4.39 Å². The molecule has 0 saturated heterocycles. The fourth-order valence-electron chi connectivity index (χ4n) is 2.36. The van der Waals surface area contributed by atoms with Crippen LogP contribution in [-0.2, 0) is 0 Å². The monoisotopic (exact) mass is 333 g/mol. The Morgan fingerprint density at radius 1 is 1.45 bits per heavy atom. The Morgan fingerprint density at radius 2 is 2.27 bits per heavy atom. The van der Waals surface area contributed by atoms with Gasteiger partial charge in [-0.05, 0) is 30.2 Å². The van der Waals surface area contributed by atoms with E-state index in [0.29, 0.717) is 10.9 Å². The number of aromatic nitrogens is 1. The summed E-state index contributed by atoms with van der Waals surface area (Å²) in [5.41, 5.74) is 2.59. The van der Waals surface area contributed by atoms with Gasteiger partial charge in [-0.3, -0.25) is 4.99 Å². The molecule has 0 aliphatic carbocycles. The van der Waals surface area contributed by atoms with Crippen LogP contribution in [0.5, 0.6) is 0 Å². The van der Waals surface area contributed by atoms with Crippen molar-refractivity contribution in [1.29, 1.82) is 0 Å². The minimum atomic E-state index is -0.368. The summed E-state index contributed by atoms with van der Waals surface area (Å²) < 4.78 is 13.3. The molecular weight excluding hydrogens is 321 g/mol. The van der Waals surface area contributed by atoms with Gasteiger partial charge in [0.05, 0.1) is 0 Å². The van der Waals surface area contributed by atoms with Gasteiger partial charge in [-0.15, -0.1) is 11.3 Å². The lowest BCUT2D eigenvalue weighted by Gasteiger charge is -2.25. The number of amidine groups is 1. The van der Waals surface area contributed by atoms with Crippen molar-refractivity contribution in [1.82, 2.24) is 10.3 Å². The largest absolute Gasteiger partial charge is 0.341 e. The molecule has 112 valence electrons. The van der Waals surface area contributed by atoms with Crippen molar-refractivity contribution in [3.8, 4) is 0 Å². The van der Waals surface area contributed by atoms with Gasteiger partial charge in [-0.25, -0.2) is 9.37 Å². The molecule has 1 aromatic carbocycles. The Labute approximate surface area is 136 Å². The number of hydrogen-bond donors (Lipinski definition) is 1. The summed E-state index contributed by atoms with van der Waals surface area (Å²) in [5.74, 6) is 0.316. The normalized spacial score (nSPS) is 18.0. The highest BCUT2D eigenvalue weighted by atomic mass is 35.5. The van der Waals surface area contributed by atoms with Gasteiger partial charge < -0.3 is 5.32 Å². The van der Waals surface area contributed by atoms with Gasteiger partial charge >= 0.3 is 0 Å². The second-order valence-electron chi connectivity index (χ2n) is 4.79. The standard InChI is InChI=1S/C16H13ClFN3S/c1-3-11-9(2)20-15(16-19-6-7-22-16)21-14(11)12-5-4-10(18)8-13(12)17/h3-8,14H,1H2,2H3,(H,20,21). The van der Waals surface area contributed by atoms with Crippen molar-refractivity contribution < 1.29 is 4.39 Å². The summed E-state index contributed by atoms with van der Waals surface area (Å²) in [5, 5.41) is 6.28. The zero-order chi connectivity index (χ0) is 15.7. The summed E-state index contributed by atoms with van der Waals surface area (Å²) >= 11 is 7.70. The van der Waals surface area contributed by atoms with Crippen molar-refractivity contribution in [2.75, 3.05) is 0 Å². The average molecular weight is 334 g/mol. The topological polar surface area (TPSA) is 37.3 Å². The van der Waals surface area contributed by atoms with Crippen LogP contribution in [0.3, 0.4) is 0 Å². The molecule has 1 aliphatic rings. The van der Waals surface area contributed by atoms with Crippen molar-refractivity contribution in [3.63, 3.8) is 0 Å². The van der Waals surface area contributed by atoms with Gasteiger partial charge in [0.1, 0.15) is 11.9 Å². The Hall–Kier alpha value is -1.98. The minimum Gasteiger partial charge on any atom is -0.341 e. The van der Waals surface area contributed by atoms with E-state index in [4.69, 9.17) is 16.6 Å². The molecule has 1 aromatic heterocycles. The first-order valence-electron chi connectivity index (χ1n) is 6.63. The first-order chi connectivity index (χ1) is 10.6. The number of aliphatic imine (C=N–C) groups is 1. The molecule has 6 heteroatoms. The molecule has 1 unspecified atom stereocenters. The Bertz CT molecular complexity index is 781. The van der Waals surface area contributed by atoms with Crippen LogP contribution in [0, 0.1) is 5.82 Å². The number of nitrogens with zero attached hydrogens (tertiary/aromatic N) is 2. The third kappa shape index (κ3) is 2.69. The molecule has 0 saturated carbocycles. The van der Waals surface area contributed by atoms with Crippen LogP contribution < -0.4 is 5.32 Å². The van der Waals surface area contributed by atoms with E-state index >= 15 is 0 Å². The molecule has 0 bridgehead atoms. The molecule has 1 N–H and O–H groups in total. The summed E-state index contributed by atoms with van der Waals surface area (Å²) in [6, 6.07) is 4.02. The van der Waals surface area contributed by atoms with E-state index < -0.39 is 0 Å². The predicted octanol–water partition coefficient (Wildman–Crippen LogP) is 4.49. The van der Waals surface area contributed by atoms with Crippen molar-refractivity contribution in [2.24, 2.45) is 4.99 Å². The summed E-state index contributed by atoms with van der Waals surface area (Å²) in [6.45, 7) is 5.80. The van der Waals surface area contributed by atoms with Crippen LogP contribution in [0.2, 0.25) is 5.02 Å². The molecule has 2 aromatic rings. The maximum Gasteiger partial charge on any atom is 0.163 e. The zero-order valence-corrected chi connectivity index (χ0v) is 13.4. The summed E-state index contributed by atoms with van der Waals surface area (Å²) in [4.78, 5) is 8.98. The maximum atomic E-state index is 13.3. The molecule has 3 nitrogen and oxygen atoms in total. The van der Waals surface area contributed by atoms with Gasteiger partial charge in [-0.2, -0.15) is 0 Å². The van der Waals surface area contributed by atoms with Gasteiger partial charge in [0.2, 0.25) is 0 Å². The van der Waals surface area contributed by atoms with Crippen LogP contribution in [-0.4, -0.2) is 10.8 Å². The van der Waals surface area contributed by atoms with Gasteiger partial charge in [0.25, 0.3) is 0 Å². The molecular formula is C16H13ClFN3S. The number of halogens is 2. The smallest absolute Gasteiger partial charge is 0.163 e. The number of nitrogens with one attached hydrogen (secondary N) is 1. The zero-order valence-electron chi connectivity index (χ0n) is 11.8. The lowest BCUT2D eigenvalue weighted by atomic mass is 9.96. The van der Waals surface area contributed by atoms with Crippen molar-refractivity contribution >= 4 is 28.8 Å². The SMILES string of the molecule is C=CC1=C(C)NC(c2nccs2)=NC1c1ccc(F)cc1Cl. The first kappa shape index (κ1) is 14.9. The lowest BCUT2D eigenvalue weighted by molar-refractivity contribution is 0.626. The molecule has 3 rings (SSSR count). The molecule has 2 heterocycles. The van der Waals surface area contributed by atoms with Gasteiger partial charge in [0, 0.05) is 22.3 Å². The Morgan fingerprint density at radius 3 is 2.91 bits per heavy atom. The van der Waals surface area contributed by atoms with Crippen LogP contribution in [0.1, 0.15) is 23.5 Å². The van der Waals surface area contributed by atoms with E-state index in [2.05, 4.69) is 16.9 Å².